The van der Waals surface area contributed by atoms with Crippen LogP contribution in [0.2, 0.25) is 15.1 Å². The number of ether oxygens (including phenoxy) is 2. The van der Waals surface area contributed by atoms with Crippen molar-refractivity contribution in [3.63, 3.8) is 0 Å². The Hall–Kier alpha value is -2.94. The van der Waals surface area contributed by atoms with Crippen LogP contribution in [-0.2, 0) is 30.0 Å². The smallest absolute Gasteiger partial charge is 0.263 e. The standard InChI is InChI=1S/C32H34Cl3N5O6S/c1-2-46-26-18-25(35)27(47(43,44)40-13-15-45-16-14-40)17-24(26)32(31(42)39-12-11-36-28(41)19-39)37-29(20-3-7-22(33)8-4-20)30(38-32)21-5-9-23(34)10-6-21/h3-10,17-18,29-30,37-38H,2,11-16,19H2,1H3,(H,36,41)/t29-,30+,32?. The minimum absolute atomic E-state index is 0.0508. The second kappa shape index (κ2) is 13.9. The molecule has 15 heteroatoms. The molecule has 3 aromatic carbocycles. The number of nitrogens with one attached hydrogen (secondary N) is 3. The zero-order valence-corrected chi connectivity index (χ0v) is 28.6. The van der Waals surface area contributed by atoms with Crippen LogP contribution in [0, 0.1) is 0 Å². The van der Waals surface area contributed by atoms with Crippen molar-refractivity contribution in [2.45, 2.75) is 29.6 Å². The van der Waals surface area contributed by atoms with Gasteiger partial charge in [-0.15, -0.1) is 0 Å². The van der Waals surface area contributed by atoms with E-state index in [2.05, 4.69) is 16.0 Å². The van der Waals surface area contributed by atoms with Crippen molar-refractivity contribution in [3.05, 3.63) is 92.4 Å². The average molecular weight is 723 g/mol. The Morgan fingerprint density at radius 2 is 1.51 bits per heavy atom. The lowest BCUT2D eigenvalue weighted by Gasteiger charge is -2.38. The van der Waals surface area contributed by atoms with Crippen LogP contribution in [0.25, 0.3) is 0 Å². The van der Waals surface area contributed by atoms with Crippen LogP contribution in [0.1, 0.15) is 35.7 Å². The second-order valence-electron chi connectivity index (χ2n) is 11.4. The summed E-state index contributed by atoms with van der Waals surface area (Å²) in [5, 5.41) is 10.9. The Morgan fingerprint density at radius 3 is 2.04 bits per heavy atom. The fourth-order valence-corrected chi connectivity index (χ4v) is 8.41. The highest BCUT2D eigenvalue weighted by Gasteiger charge is 2.55. The molecular weight excluding hydrogens is 689 g/mol. The monoisotopic (exact) mass is 721 g/mol. The zero-order chi connectivity index (χ0) is 33.3. The van der Waals surface area contributed by atoms with Gasteiger partial charge in [-0.05, 0) is 48.4 Å². The van der Waals surface area contributed by atoms with Crippen molar-refractivity contribution in [1.29, 1.82) is 0 Å². The van der Waals surface area contributed by atoms with Gasteiger partial charge in [0.15, 0.2) is 5.66 Å². The maximum atomic E-state index is 14.9. The van der Waals surface area contributed by atoms with Crippen LogP contribution in [-0.4, -0.2) is 82.0 Å². The molecule has 11 nitrogen and oxygen atoms in total. The number of sulfonamides is 1. The predicted molar refractivity (Wildman–Crippen MR) is 178 cm³/mol. The quantitative estimate of drug-likeness (QED) is 0.320. The van der Waals surface area contributed by atoms with Crippen LogP contribution in [0.15, 0.2) is 65.6 Å². The molecule has 3 atom stereocenters. The molecule has 0 saturated carbocycles. The molecule has 3 saturated heterocycles. The number of benzene rings is 3. The first-order valence-electron chi connectivity index (χ1n) is 15.2. The fourth-order valence-electron chi connectivity index (χ4n) is 6.24. The van der Waals surface area contributed by atoms with Gasteiger partial charge in [0.1, 0.15) is 10.6 Å². The Bertz CT molecular complexity index is 1700. The molecule has 3 heterocycles. The molecule has 6 rings (SSSR count). The largest absolute Gasteiger partial charge is 0.493 e. The molecule has 3 fully saturated rings. The number of amides is 2. The highest BCUT2D eigenvalue weighted by atomic mass is 35.5. The van der Waals surface area contributed by atoms with E-state index in [1.165, 1.54) is 21.3 Å². The van der Waals surface area contributed by atoms with Gasteiger partial charge in [0.25, 0.3) is 5.91 Å². The summed E-state index contributed by atoms with van der Waals surface area (Å²) in [7, 11) is -4.11. The first-order chi connectivity index (χ1) is 22.5. The maximum absolute atomic E-state index is 14.9. The highest BCUT2D eigenvalue weighted by Crippen LogP contribution is 2.46. The highest BCUT2D eigenvalue weighted by molar-refractivity contribution is 7.89. The van der Waals surface area contributed by atoms with Gasteiger partial charge in [0.05, 0.1) is 43.5 Å². The molecule has 250 valence electrons. The van der Waals surface area contributed by atoms with Gasteiger partial charge in [-0.2, -0.15) is 4.31 Å². The molecule has 0 aromatic heterocycles. The van der Waals surface area contributed by atoms with Crippen LogP contribution in [0.4, 0.5) is 0 Å². The topological polar surface area (TPSA) is 129 Å². The Kier molecular flexibility index (Phi) is 10.0. The molecule has 0 aliphatic carbocycles. The molecule has 47 heavy (non-hydrogen) atoms. The lowest BCUT2D eigenvalue weighted by Crippen LogP contribution is -2.62. The number of nitrogens with zero attached hydrogens (tertiary/aromatic N) is 2. The van der Waals surface area contributed by atoms with E-state index in [-0.39, 0.29) is 79.7 Å². The minimum Gasteiger partial charge on any atom is -0.493 e. The van der Waals surface area contributed by atoms with E-state index in [0.29, 0.717) is 10.0 Å². The molecule has 2 amide bonds. The number of piperazine rings is 1. The van der Waals surface area contributed by atoms with E-state index in [9.17, 15) is 18.0 Å². The van der Waals surface area contributed by atoms with E-state index in [1.807, 2.05) is 24.3 Å². The molecule has 3 N–H and O–H groups in total. The number of rotatable bonds is 8. The zero-order valence-electron chi connectivity index (χ0n) is 25.5. The van der Waals surface area contributed by atoms with Crippen molar-refractivity contribution in [3.8, 4) is 5.75 Å². The molecule has 1 unspecified atom stereocenters. The van der Waals surface area contributed by atoms with Gasteiger partial charge in [-0.25, -0.2) is 8.42 Å². The molecule has 0 bridgehead atoms. The van der Waals surface area contributed by atoms with Crippen molar-refractivity contribution < 1.29 is 27.5 Å². The first kappa shape index (κ1) is 33.9. The van der Waals surface area contributed by atoms with Gasteiger partial charge in [0.2, 0.25) is 15.9 Å². The summed E-state index contributed by atoms with van der Waals surface area (Å²) in [5.41, 5.74) is 0.0420. The third-order valence-corrected chi connectivity index (χ3v) is 11.4. The molecule has 0 spiro atoms. The predicted octanol–water partition coefficient (Wildman–Crippen LogP) is 3.85. The van der Waals surface area contributed by atoms with Gasteiger partial charge in [-0.1, -0.05) is 59.1 Å². The third kappa shape index (κ3) is 6.70. The van der Waals surface area contributed by atoms with Gasteiger partial charge in [0, 0.05) is 47.9 Å². The Labute approximate surface area is 288 Å². The van der Waals surface area contributed by atoms with E-state index < -0.39 is 33.7 Å². The Balaban J connectivity index is 1.57. The first-order valence-corrected chi connectivity index (χ1v) is 17.8. The lowest BCUT2D eigenvalue weighted by molar-refractivity contribution is -0.144. The van der Waals surface area contributed by atoms with Crippen molar-refractivity contribution in [2.75, 3.05) is 52.5 Å². The summed E-state index contributed by atoms with van der Waals surface area (Å²) in [5.74, 6) is -0.585. The van der Waals surface area contributed by atoms with Crippen LogP contribution >= 0.6 is 34.8 Å². The number of hydrogen-bond acceptors (Lipinski definition) is 8. The van der Waals surface area contributed by atoms with Crippen molar-refractivity contribution in [1.82, 2.24) is 25.2 Å². The van der Waals surface area contributed by atoms with Gasteiger partial charge >= 0.3 is 0 Å². The normalized spacial score (nSPS) is 23.8. The summed E-state index contributed by atoms with van der Waals surface area (Å²) >= 11 is 19.2. The minimum atomic E-state index is -4.11. The van der Waals surface area contributed by atoms with Crippen molar-refractivity contribution >= 4 is 56.6 Å². The second-order valence-corrected chi connectivity index (χ2v) is 14.6. The van der Waals surface area contributed by atoms with Gasteiger partial charge < -0.3 is 19.7 Å². The molecular formula is C32H34Cl3N5O6S. The van der Waals surface area contributed by atoms with Gasteiger partial charge in [-0.3, -0.25) is 20.2 Å². The number of carbonyl (C=O) groups is 2. The summed E-state index contributed by atoms with van der Waals surface area (Å²) < 4.78 is 40.8. The van der Waals surface area contributed by atoms with Crippen molar-refractivity contribution in [2.24, 2.45) is 0 Å². The molecule has 3 aliphatic heterocycles. The van der Waals surface area contributed by atoms with E-state index in [4.69, 9.17) is 44.3 Å². The SMILES string of the molecule is CCOc1cc(Cl)c(S(=O)(=O)N2CCOCC2)cc1C1(C(=O)N2CCNC(=O)C2)N[C@H](c2ccc(Cl)cc2)[C@H](c2ccc(Cl)cc2)N1. The molecule has 0 radical (unpaired) electrons. The van der Waals surface area contributed by atoms with E-state index in [0.717, 1.165) is 11.1 Å². The van der Waals surface area contributed by atoms with Crippen LogP contribution in [0.5, 0.6) is 5.75 Å². The van der Waals surface area contributed by atoms with E-state index in [1.54, 1.807) is 31.2 Å². The summed E-state index contributed by atoms with van der Waals surface area (Å²) in [6.07, 6.45) is 0. The molecule has 3 aliphatic rings. The summed E-state index contributed by atoms with van der Waals surface area (Å²) in [6, 6.07) is 16.2. The molecule has 3 aromatic rings. The average Bonchev–Trinajstić information content (AvgIpc) is 3.47. The number of hydrogen-bond donors (Lipinski definition) is 3. The third-order valence-electron chi connectivity index (χ3n) is 8.51. The maximum Gasteiger partial charge on any atom is 0.263 e. The van der Waals surface area contributed by atoms with Crippen LogP contribution < -0.4 is 20.7 Å². The summed E-state index contributed by atoms with van der Waals surface area (Å²) in [4.78, 5) is 28.8. The Morgan fingerprint density at radius 1 is 0.936 bits per heavy atom. The fraction of sp³-hybridized carbons (Fsp3) is 0.375. The number of halogens is 3. The number of morpholine rings is 1. The van der Waals surface area contributed by atoms with Crippen LogP contribution in [0.3, 0.4) is 0 Å². The number of carbonyl (C=O) groups excluding carboxylic acids is 2. The summed E-state index contributed by atoms with van der Waals surface area (Å²) in [6.45, 7) is 3.10. The lowest BCUT2D eigenvalue weighted by atomic mass is 9.95. The van der Waals surface area contributed by atoms with E-state index >= 15 is 0 Å².